The van der Waals surface area contributed by atoms with Gasteiger partial charge < -0.3 is 24.6 Å². The molecule has 9 heteroatoms. The van der Waals surface area contributed by atoms with Crippen molar-refractivity contribution in [2.75, 3.05) is 39.6 Å². The molecule has 2 unspecified atom stereocenters. The van der Waals surface area contributed by atoms with Crippen molar-refractivity contribution in [2.24, 2.45) is 0 Å². The van der Waals surface area contributed by atoms with Crippen molar-refractivity contribution in [1.82, 2.24) is 0 Å². The minimum Gasteiger partial charge on any atom is -0.388 e. The van der Waals surface area contributed by atoms with E-state index in [1.807, 2.05) is 13.8 Å². The maximum Gasteiger partial charge on any atom is 0.472 e. The topological polar surface area (TPSA) is 115 Å². The Morgan fingerprint density at radius 1 is 0.826 bits per heavy atom. The van der Waals surface area contributed by atoms with Crippen LogP contribution in [-0.4, -0.2) is 67.0 Å². The molecule has 0 aromatic carbocycles. The maximum atomic E-state index is 11.6. The van der Waals surface area contributed by atoms with Gasteiger partial charge in [-0.25, -0.2) is 4.57 Å². The summed E-state index contributed by atoms with van der Waals surface area (Å²) in [5, 5.41) is 19.1. The van der Waals surface area contributed by atoms with Crippen LogP contribution in [-0.2, 0) is 23.1 Å². The molecule has 0 fully saturated rings. The number of unbranched alkanes of at least 4 members (excludes halogenated alkanes) is 2. The Kier molecular flexibility index (Phi) is 14.3. The summed E-state index contributed by atoms with van der Waals surface area (Å²) in [6.07, 6.45) is 1.70. The van der Waals surface area contributed by atoms with Crippen LogP contribution in [0.4, 0.5) is 0 Å². The first-order valence-electron chi connectivity index (χ1n) is 8.04. The number of hydrogen-bond acceptors (Lipinski definition) is 7. The molecule has 0 aromatic rings. The van der Waals surface area contributed by atoms with Crippen LogP contribution >= 0.6 is 7.82 Å². The summed E-state index contributed by atoms with van der Waals surface area (Å²) < 4.78 is 31.2. The fourth-order valence-electron chi connectivity index (χ4n) is 1.43. The standard InChI is InChI=1S/C14H31O8P/c1-3-5-7-19-9-13(15)11-21-23(17,18)22-12-14(16)10-20-8-6-4-2/h13-16H,3-12H2,1-2H3,(H,17,18). The van der Waals surface area contributed by atoms with Gasteiger partial charge >= 0.3 is 7.82 Å². The predicted octanol–water partition coefficient (Wildman–Crippen LogP) is 1.48. The second-order valence-electron chi connectivity index (χ2n) is 5.22. The minimum atomic E-state index is -4.32. The summed E-state index contributed by atoms with van der Waals surface area (Å²) >= 11 is 0. The van der Waals surface area contributed by atoms with Gasteiger partial charge in [0.1, 0.15) is 12.2 Å². The Morgan fingerprint density at radius 3 is 1.57 bits per heavy atom. The molecule has 23 heavy (non-hydrogen) atoms. The van der Waals surface area contributed by atoms with E-state index >= 15 is 0 Å². The molecule has 2 atom stereocenters. The van der Waals surface area contributed by atoms with Gasteiger partial charge in [-0.15, -0.1) is 0 Å². The van der Waals surface area contributed by atoms with Gasteiger partial charge in [-0.3, -0.25) is 9.05 Å². The number of aliphatic hydroxyl groups excluding tert-OH is 2. The zero-order valence-corrected chi connectivity index (χ0v) is 15.0. The maximum absolute atomic E-state index is 11.6. The third kappa shape index (κ3) is 15.2. The molecule has 140 valence electrons. The third-order valence-electron chi connectivity index (χ3n) is 2.77. The fourth-order valence-corrected chi connectivity index (χ4v) is 2.22. The van der Waals surface area contributed by atoms with Crippen molar-refractivity contribution in [2.45, 2.75) is 51.7 Å². The molecule has 0 heterocycles. The van der Waals surface area contributed by atoms with E-state index in [1.165, 1.54) is 0 Å². The Morgan fingerprint density at radius 2 is 1.22 bits per heavy atom. The van der Waals surface area contributed by atoms with E-state index in [1.54, 1.807) is 0 Å². The van der Waals surface area contributed by atoms with Crippen LogP contribution in [0.5, 0.6) is 0 Å². The number of ether oxygens (including phenoxy) is 2. The molecule has 0 saturated carbocycles. The first-order chi connectivity index (χ1) is 10.9. The fraction of sp³-hybridized carbons (Fsp3) is 1.00. The predicted molar refractivity (Wildman–Crippen MR) is 85.2 cm³/mol. The van der Waals surface area contributed by atoms with E-state index in [4.69, 9.17) is 9.47 Å². The lowest BCUT2D eigenvalue weighted by Crippen LogP contribution is -2.24. The van der Waals surface area contributed by atoms with Crippen LogP contribution in [0.3, 0.4) is 0 Å². The highest BCUT2D eigenvalue weighted by Crippen LogP contribution is 2.43. The molecule has 0 rings (SSSR count). The highest BCUT2D eigenvalue weighted by molar-refractivity contribution is 7.47. The second-order valence-corrected chi connectivity index (χ2v) is 6.68. The van der Waals surface area contributed by atoms with E-state index < -0.39 is 20.0 Å². The highest BCUT2D eigenvalue weighted by Gasteiger charge is 2.24. The van der Waals surface area contributed by atoms with Crippen LogP contribution in [0.1, 0.15) is 39.5 Å². The van der Waals surface area contributed by atoms with Crippen molar-refractivity contribution in [3.05, 3.63) is 0 Å². The van der Waals surface area contributed by atoms with Crippen molar-refractivity contribution in [3.8, 4) is 0 Å². The van der Waals surface area contributed by atoms with Crippen molar-refractivity contribution < 1.29 is 38.2 Å². The monoisotopic (exact) mass is 358 g/mol. The SMILES string of the molecule is CCCCOCC(O)COP(=O)(O)OCC(O)COCCCC. The number of aliphatic hydroxyl groups is 2. The zero-order valence-electron chi connectivity index (χ0n) is 14.1. The van der Waals surface area contributed by atoms with E-state index in [0.717, 1.165) is 25.7 Å². The van der Waals surface area contributed by atoms with Crippen molar-refractivity contribution in [3.63, 3.8) is 0 Å². The Balaban J connectivity index is 3.76. The van der Waals surface area contributed by atoms with Gasteiger partial charge in [0.15, 0.2) is 0 Å². The van der Waals surface area contributed by atoms with E-state index in [-0.39, 0.29) is 26.4 Å². The van der Waals surface area contributed by atoms with Crippen LogP contribution in [0.25, 0.3) is 0 Å². The normalized spacial score (nSPS) is 16.9. The molecule has 0 spiro atoms. The molecular formula is C14H31O8P. The zero-order chi connectivity index (χ0) is 17.6. The van der Waals surface area contributed by atoms with E-state index in [9.17, 15) is 19.7 Å². The van der Waals surface area contributed by atoms with Crippen molar-refractivity contribution >= 4 is 7.82 Å². The summed E-state index contributed by atoms with van der Waals surface area (Å²) in [4.78, 5) is 9.44. The summed E-state index contributed by atoms with van der Waals surface area (Å²) in [7, 11) is -4.32. The van der Waals surface area contributed by atoms with Crippen molar-refractivity contribution in [1.29, 1.82) is 0 Å². The van der Waals surface area contributed by atoms with Gasteiger partial charge in [-0.05, 0) is 12.8 Å². The number of phosphoric acid groups is 1. The minimum absolute atomic E-state index is 0.0217. The third-order valence-corrected chi connectivity index (χ3v) is 3.72. The molecule has 0 aliphatic carbocycles. The van der Waals surface area contributed by atoms with Gasteiger partial charge in [-0.1, -0.05) is 26.7 Å². The van der Waals surface area contributed by atoms with Crippen LogP contribution in [0.15, 0.2) is 0 Å². The lowest BCUT2D eigenvalue weighted by Gasteiger charge is -2.17. The van der Waals surface area contributed by atoms with Gasteiger partial charge in [0.25, 0.3) is 0 Å². The second kappa shape index (κ2) is 14.3. The molecule has 0 aliphatic heterocycles. The molecule has 0 aliphatic rings. The first-order valence-corrected chi connectivity index (χ1v) is 9.54. The molecule has 3 N–H and O–H groups in total. The van der Waals surface area contributed by atoms with Crippen LogP contribution in [0, 0.1) is 0 Å². The largest absolute Gasteiger partial charge is 0.472 e. The lowest BCUT2D eigenvalue weighted by molar-refractivity contribution is -0.0122. The Labute approximate surface area is 138 Å². The molecular weight excluding hydrogens is 327 g/mol. The highest BCUT2D eigenvalue weighted by atomic mass is 31.2. The van der Waals surface area contributed by atoms with Gasteiger partial charge in [0.2, 0.25) is 0 Å². The smallest absolute Gasteiger partial charge is 0.388 e. The number of rotatable bonds is 16. The molecule has 0 saturated heterocycles. The molecule has 0 amide bonds. The van der Waals surface area contributed by atoms with Gasteiger partial charge in [0.05, 0.1) is 26.4 Å². The summed E-state index contributed by atoms with van der Waals surface area (Å²) in [5.41, 5.74) is 0. The average molecular weight is 358 g/mol. The number of phosphoric ester groups is 1. The van der Waals surface area contributed by atoms with Gasteiger partial charge in [-0.2, -0.15) is 0 Å². The quantitative estimate of drug-likeness (QED) is 0.281. The first kappa shape index (κ1) is 22.9. The number of hydrogen-bond donors (Lipinski definition) is 3. The Bertz CT molecular complexity index is 289. The molecule has 0 radical (unpaired) electrons. The van der Waals surface area contributed by atoms with Crippen LogP contribution < -0.4 is 0 Å². The van der Waals surface area contributed by atoms with E-state index in [2.05, 4.69) is 9.05 Å². The summed E-state index contributed by atoms with van der Waals surface area (Å²) in [6.45, 7) is 4.35. The Hall–Kier alpha value is -0.0500. The molecule has 0 aromatic heterocycles. The molecule has 0 bridgehead atoms. The van der Waals surface area contributed by atoms with E-state index in [0.29, 0.717) is 13.2 Å². The summed E-state index contributed by atoms with van der Waals surface area (Å²) in [5.74, 6) is 0. The summed E-state index contributed by atoms with van der Waals surface area (Å²) in [6, 6.07) is 0. The van der Waals surface area contributed by atoms with Gasteiger partial charge in [0, 0.05) is 13.2 Å². The lowest BCUT2D eigenvalue weighted by atomic mass is 10.3. The average Bonchev–Trinajstić information content (AvgIpc) is 2.52. The molecule has 8 nitrogen and oxygen atoms in total. The van der Waals surface area contributed by atoms with Crippen LogP contribution in [0.2, 0.25) is 0 Å².